The number of furan rings is 1. The number of nitrogens with zero attached hydrogens (tertiary/aromatic N) is 1. The molecule has 0 bridgehead atoms. The average Bonchev–Trinajstić information content (AvgIpc) is 3.08. The topological polar surface area (TPSA) is 70.8 Å². The highest BCUT2D eigenvalue weighted by Gasteiger charge is 2.33. The van der Waals surface area contributed by atoms with Gasteiger partial charge in [-0.25, -0.2) is 0 Å². The van der Waals surface area contributed by atoms with Crippen molar-refractivity contribution in [3.63, 3.8) is 0 Å². The van der Waals surface area contributed by atoms with E-state index in [9.17, 15) is 9.59 Å². The van der Waals surface area contributed by atoms with Gasteiger partial charge in [0.05, 0.1) is 9.93 Å². The molecule has 2 aromatic rings. The normalized spacial score (nSPS) is 16.2. The van der Waals surface area contributed by atoms with Crippen molar-refractivity contribution in [2.24, 2.45) is 0 Å². The Balaban J connectivity index is 1.85. The van der Waals surface area contributed by atoms with Gasteiger partial charge in [0.2, 0.25) is 0 Å². The second-order valence-corrected chi connectivity index (χ2v) is 6.93. The van der Waals surface area contributed by atoms with Crippen molar-refractivity contribution >= 4 is 57.9 Å². The van der Waals surface area contributed by atoms with Crippen LogP contribution < -0.4 is 0 Å². The molecule has 24 heavy (non-hydrogen) atoms. The Labute approximate surface area is 151 Å². The van der Waals surface area contributed by atoms with Gasteiger partial charge in [0, 0.05) is 11.6 Å². The average molecular weight is 380 g/mol. The molecule has 1 amide bonds. The number of thioether (sulfide) groups is 1. The SMILES string of the molecule is O=C(O)CN1C(=O)C(=Cc2ccc(-c3ccccc3Cl)o2)SC1=S. The van der Waals surface area contributed by atoms with Crippen LogP contribution in [-0.4, -0.2) is 32.7 Å². The third-order valence-corrected chi connectivity index (χ3v) is 4.91. The number of rotatable bonds is 4. The highest BCUT2D eigenvalue weighted by molar-refractivity contribution is 8.26. The second kappa shape index (κ2) is 6.80. The Bertz CT molecular complexity index is 874. The van der Waals surface area contributed by atoms with Gasteiger partial charge in [0.25, 0.3) is 5.91 Å². The molecule has 0 unspecified atom stereocenters. The van der Waals surface area contributed by atoms with E-state index < -0.39 is 18.4 Å². The molecule has 1 fully saturated rings. The minimum Gasteiger partial charge on any atom is -0.480 e. The van der Waals surface area contributed by atoms with Crippen molar-refractivity contribution in [3.8, 4) is 11.3 Å². The van der Waals surface area contributed by atoms with Crippen LogP contribution in [0.1, 0.15) is 5.76 Å². The van der Waals surface area contributed by atoms with E-state index in [4.69, 9.17) is 33.3 Å². The molecule has 1 saturated heterocycles. The van der Waals surface area contributed by atoms with Crippen LogP contribution in [0, 0.1) is 0 Å². The zero-order chi connectivity index (χ0) is 17.3. The molecule has 0 atom stereocenters. The number of carboxylic acid groups (broad SMARTS) is 1. The van der Waals surface area contributed by atoms with Crippen molar-refractivity contribution in [3.05, 3.63) is 52.1 Å². The Morgan fingerprint density at radius 2 is 2.08 bits per heavy atom. The summed E-state index contributed by atoms with van der Waals surface area (Å²) in [5.74, 6) is -0.525. The van der Waals surface area contributed by atoms with E-state index in [0.29, 0.717) is 21.4 Å². The summed E-state index contributed by atoms with van der Waals surface area (Å²) in [5.41, 5.74) is 0.747. The Morgan fingerprint density at radius 3 is 2.79 bits per heavy atom. The van der Waals surface area contributed by atoms with Gasteiger partial charge in [-0.3, -0.25) is 14.5 Å². The fourth-order valence-electron chi connectivity index (χ4n) is 2.14. The summed E-state index contributed by atoms with van der Waals surface area (Å²) in [6, 6.07) is 10.7. The third kappa shape index (κ3) is 3.38. The predicted molar refractivity (Wildman–Crippen MR) is 96.7 cm³/mol. The number of carboxylic acids is 1. The summed E-state index contributed by atoms with van der Waals surface area (Å²) in [7, 11) is 0. The van der Waals surface area contributed by atoms with E-state index >= 15 is 0 Å². The van der Waals surface area contributed by atoms with Crippen LogP contribution in [0.25, 0.3) is 17.4 Å². The number of hydrogen-bond donors (Lipinski definition) is 1. The summed E-state index contributed by atoms with van der Waals surface area (Å²) in [6.45, 7) is -0.453. The lowest BCUT2D eigenvalue weighted by molar-refractivity contribution is -0.140. The third-order valence-electron chi connectivity index (χ3n) is 3.21. The molecule has 122 valence electrons. The lowest BCUT2D eigenvalue weighted by Gasteiger charge is -2.09. The van der Waals surface area contributed by atoms with Gasteiger partial charge in [-0.2, -0.15) is 0 Å². The standard InChI is InChI=1S/C16H10ClNO4S2/c17-11-4-2-1-3-10(11)12-6-5-9(22-12)7-13-15(21)18(8-14(19)20)16(23)24-13/h1-7H,8H2,(H,19,20). The first-order chi connectivity index (χ1) is 11.5. The summed E-state index contributed by atoms with van der Waals surface area (Å²) in [4.78, 5) is 24.4. The van der Waals surface area contributed by atoms with Gasteiger partial charge >= 0.3 is 5.97 Å². The summed E-state index contributed by atoms with van der Waals surface area (Å²) in [5, 5.41) is 9.39. The second-order valence-electron chi connectivity index (χ2n) is 4.84. The summed E-state index contributed by atoms with van der Waals surface area (Å²) in [6.07, 6.45) is 1.54. The van der Waals surface area contributed by atoms with E-state index in [1.54, 1.807) is 24.3 Å². The van der Waals surface area contributed by atoms with Gasteiger partial charge in [0.15, 0.2) is 0 Å². The fraction of sp³-hybridized carbons (Fsp3) is 0.0625. The van der Waals surface area contributed by atoms with Crippen molar-refractivity contribution < 1.29 is 19.1 Å². The number of carbonyl (C=O) groups excluding carboxylic acids is 1. The van der Waals surface area contributed by atoms with Gasteiger partial charge in [-0.1, -0.05) is 47.7 Å². The lowest BCUT2D eigenvalue weighted by atomic mass is 10.2. The minimum atomic E-state index is -1.12. The molecular weight excluding hydrogens is 370 g/mol. The van der Waals surface area contributed by atoms with Crippen LogP contribution in [0.3, 0.4) is 0 Å². The molecule has 1 aromatic carbocycles. The molecule has 5 nitrogen and oxygen atoms in total. The Hall–Kier alpha value is -2.09. The van der Waals surface area contributed by atoms with Crippen LogP contribution in [0.15, 0.2) is 45.7 Å². The molecule has 1 aliphatic heterocycles. The van der Waals surface area contributed by atoms with Crippen LogP contribution in [-0.2, 0) is 9.59 Å². The van der Waals surface area contributed by atoms with Crippen molar-refractivity contribution in [1.29, 1.82) is 0 Å². The molecule has 1 aliphatic rings. The molecule has 0 radical (unpaired) electrons. The number of thiocarbonyl (C=S) groups is 1. The Kier molecular flexibility index (Phi) is 4.75. The molecule has 1 aromatic heterocycles. The lowest BCUT2D eigenvalue weighted by Crippen LogP contribution is -2.33. The van der Waals surface area contributed by atoms with Crippen molar-refractivity contribution in [2.45, 2.75) is 0 Å². The van der Waals surface area contributed by atoms with Crippen molar-refractivity contribution in [1.82, 2.24) is 4.90 Å². The van der Waals surface area contributed by atoms with E-state index in [0.717, 1.165) is 22.2 Å². The molecule has 1 N–H and O–H groups in total. The van der Waals surface area contributed by atoms with Gasteiger partial charge in [-0.05, 0) is 24.3 Å². The van der Waals surface area contributed by atoms with Gasteiger partial charge < -0.3 is 9.52 Å². The van der Waals surface area contributed by atoms with E-state index in [-0.39, 0.29) is 4.32 Å². The van der Waals surface area contributed by atoms with E-state index in [2.05, 4.69) is 0 Å². The number of hydrogen-bond acceptors (Lipinski definition) is 5. The highest BCUT2D eigenvalue weighted by Crippen LogP contribution is 2.34. The number of aliphatic carboxylic acids is 1. The van der Waals surface area contributed by atoms with Gasteiger partial charge in [0.1, 0.15) is 22.4 Å². The molecule has 2 heterocycles. The maximum Gasteiger partial charge on any atom is 0.323 e. The molecule has 0 aliphatic carbocycles. The largest absolute Gasteiger partial charge is 0.480 e. The van der Waals surface area contributed by atoms with Crippen LogP contribution >= 0.6 is 35.6 Å². The van der Waals surface area contributed by atoms with E-state index in [1.807, 2.05) is 18.2 Å². The Morgan fingerprint density at radius 1 is 1.33 bits per heavy atom. The first-order valence-corrected chi connectivity index (χ1v) is 8.38. The monoisotopic (exact) mass is 379 g/mol. The maximum absolute atomic E-state index is 12.2. The quantitative estimate of drug-likeness (QED) is 0.642. The van der Waals surface area contributed by atoms with E-state index in [1.165, 1.54) is 0 Å². The first kappa shape index (κ1) is 16.8. The summed E-state index contributed by atoms with van der Waals surface area (Å²) >= 11 is 12.2. The molecule has 0 saturated carbocycles. The molecule has 3 rings (SSSR count). The zero-order valence-electron chi connectivity index (χ0n) is 12.1. The van der Waals surface area contributed by atoms with Crippen molar-refractivity contribution in [2.75, 3.05) is 6.54 Å². The zero-order valence-corrected chi connectivity index (χ0v) is 14.5. The van der Waals surface area contributed by atoms with Crippen LogP contribution in [0.2, 0.25) is 5.02 Å². The summed E-state index contributed by atoms with van der Waals surface area (Å²) < 4.78 is 5.92. The van der Waals surface area contributed by atoms with Crippen LogP contribution in [0.4, 0.5) is 0 Å². The number of carbonyl (C=O) groups is 2. The number of benzene rings is 1. The van der Waals surface area contributed by atoms with Crippen LogP contribution in [0.5, 0.6) is 0 Å². The molecule has 8 heteroatoms. The molecular formula is C16H10ClNO4S2. The smallest absolute Gasteiger partial charge is 0.323 e. The van der Waals surface area contributed by atoms with Gasteiger partial charge in [-0.15, -0.1) is 0 Å². The fourth-order valence-corrected chi connectivity index (χ4v) is 3.60. The highest BCUT2D eigenvalue weighted by atomic mass is 35.5. The first-order valence-electron chi connectivity index (χ1n) is 6.77. The maximum atomic E-state index is 12.2. The number of halogens is 1. The number of amides is 1. The predicted octanol–water partition coefficient (Wildman–Crippen LogP) is 3.89. The minimum absolute atomic E-state index is 0.214. The molecule has 0 spiro atoms.